The normalized spacial score (nSPS) is 13.0. The number of carbonyl (C=O) groups excluding carboxylic acids is 1. The van der Waals surface area contributed by atoms with E-state index in [0.717, 1.165) is 10.7 Å². The maximum atomic E-state index is 12.0. The number of hydrogen-bond acceptors (Lipinski definition) is 4. The van der Waals surface area contributed by atoms with Crippen LogP contribution in [0.2, 0.25) is 5.02 Å². The Balaban J connectivity index is 2.77. The molecule has 0 aromatic heterocycles. The van der Waals surface area contributed by atoms with Gasteiger partial charge in [-0.15, -0.1) is 0 Å². The summed E-state index contributed by atoms with van der Waals surface area (Å²) in [6.45, 7) is 3.68. The van der Waals surface area contributed by atoms with E-state index in [-0.39, 0.29) is 34.2 Å². The van der Waals surface area contributed by atoms with Crippen LogP contribution in [-0.4, -0.2) is 45.4 Å². The Morgan fingerprint density at radius 1 is 1.41 bits per heavy atom. The number of carbonyl (C=O) groups is 1. The lowest BCUT2D eigenvalue weighted by molar-refractivity contribution is -0.123. The number of hydrogen-bond donors (Lipinski definition) is 1. The highest BCUT2D eigenvalue weighted by molar-refractivity contribution is 7.89. The second-order valence-corrected chi connectivity index (χ2v) is 7.60. The number of ether oxygens (including phenoxy) is 1. The summed E-state index contributed by atoms with van der Waals surface area (Å²) in [5.41, 5.74) is 0. The number of nitrogens with zero attached hydrogens (tertiary/aromatic N) is 1. The molecule has 1 N–H and O–H groups in total. The molecule has 0 radical (unpaired) electrons. The summed E-state index contributed by atoms with van der Waals surface area (Å²) in [6, 6.07) is 4.20. The predicted molar refractivity (Wildman–Crippen MR) is 85.7 cm³/mol. The number of benzene rings is 1. The second kappa shape index (κ2) is 7.80. The van der Waals surface area contributed by atoms with Crippen LogP contribution < -0.4 is 10.1 Å². The zero-order chi connectivity index (χ0) is 16.9. The number of nitrogens with one attached hydrogen (secondary N) is 1. The van der Waals surface area contributed by atoms with Crippen LogP contribution >= 0.6 is 11.6 Å². The molecule has 0 aliphatic carbocycles. The minimum Gasteiger partial charge on any atom is -0.482 e. The van der Waals surface area contributed by atoms with Gasteiger partial charge in [-0.05, 0) is 31.5 Å². The maximum Gasteiger partial charge on any atom is 0.258 e. The van der Waals surface area contributed by atoms with Gasteiger partial charge in [-0.3, -0.25) is 4.79 Å². The van der Waals surface area contributed by atoms with E-state index < -0.39 is 10.0 Å². The summed E-state index contributed by atoms with van der Waals surface area (Å²) in [5.74, 6) is 0.00841. The first-order chi connectivity index (χ1) is 10.2. The zero-order valence-electron chi connectivity index (χ0n) is 13.1. The van der Waals surface area contributed by atoms with Gasteiger partial charge in [0.05, 0.1) is 9.92 Å². The van der Waals surface area contributed by atoms with Gasteiger partial charge in [0.1, 0.15) is 5.75 Å². The number of sulfonamides is 1. The van der Waals surface area contributed by atoms with Gasteiger partial charge in [0, 0.05) is 20.1 Å². The Kier molecular flexibility index (Phi) is 6.65. The second-order valence-electron chi connectivity index (χ2n) is 5.05. The van der Waals surface area contributed by atoms with Crippen LogP contribution in [0.15, 0.2) is 23.1 Å². The van der Waals surface area contributed by atoms with E-state index in [9.17, 15) is 13.2 Å². The van der Waals surface area contributed by atoms with Crippen LogP contribution in [0.3, 0.4) is 0 Å². The van der Waals surface area contributed by atoms with Crippen molar-refractivity contribution in [3.8, 4) is 5.75 Å². The van der Waals surface area contributed by atoms with E-state index >= 15 is 0 Å². The van der Waals surface area contributed by atoms with Gasteiger partial charge >= 0.3 is 0 Å². The molecule has 22 heavy (non-hydrogen) atoms. The summed E-state index contributed by atoms with van der Waals surface area (Å²) in [4.78, 5) is 11.7. The third kappa shape index (κ3) is 4.86. The van der Waals surface area contributed by atoms with Crippen molar-refractivity contribution in [3.05, 3.63) is 23.2 Å². The topological polar surface area (TPSA) is 75.7 Å². The lowest BCUT2D eigenvalue weighted by Gasteiger charge is -2.14. The fraction of sp³-hybridized carbons (Fsp3) is 0.500. The molecular weight excluding hydrogens is 328 g/mol. The molecule has 0 saturated carbocycles. The Bertz CT molecular complexity index is 632. The highest BCUT2D eigenvalue weighted by Crippen LogP contribution is 2.28. The van der Waals surface area contributed by atoms with Gasteiger partial charge < -0.3 is 10.1 Å². The van der Waals surface area contributed by atoms with Crippen LogP contribution in [0.1, 0.15) is 20.3 Å². The van der Waals surface area contributed by atoms with Gasteiger partial charge in [-0.25, -0.2) is 12.7 Å². The van der Waals surface area contributed by atoms with E-state index in [1.54, 1.807) is 0 Å². The molecule has 0 aliphatic rings. The fourth-order valence-corrected chi connectivity index (χ4v) is 2.76. The molecule has 0 fully saturated rings. The van der Waals surface area contributed by atoms with Crippen LogP contribution in [-0.2, 0) is 14.8 Å². The molecule has 124 valence electrons. The van der Waals surface area contributed by atoms with Crippen molar-refractivity contribution in [1.29, 1.82) is 0 Å². The van der Waals surface area contributed by atoms with Crippen molar-refractivity contribution in [2.45, 2.75) is 31.2 Å². The molecule has 1 amide bonds. The summed E-state index contributed by atoms with van der Waals surface area (Å²) in [7, 11) is -0.678. The first-order valence-electron chi connectivity index (χ1n) is 6.82. The standard InChI is InChI=1S/C14H21ClN2O4S/c1-5-10(2)16-14(18)9-21-13-7-6-11(8-12(13)15)22(19,20)17(3)4/h6-8,10H,5,9H2,1-4H3,(H,16,18)/t10-/m0/s1. The predicted octanol–water partition coefficient (Wildman–Crippen LogP) is 1.88. The molecule has 0 aliphatic heterocycles. The number of amides is 1. The zero-order valence-corrected chi connectivity index (χ0v) is 14.7. The summed E-state index contributed by atoms with van der Waals surface area (Å²) < 4.78 is 30.4. The molecule has 1 aromatic rings. The lowest BCUT2D eigenvalue weighted by atomic mass is 10.2. The highest BCUT2D eigenvalue weighted by atomic mass is 35.5. The fourth-order valence-electron chi connectivity index (χ4n) is 1.53. The first-order valence-corrected chi connectivity index (χ1v) is 8.64. The first kappa shape index (κ1) is 18.7. The lowest BCUT2D eigenvalue weighted by Crippen LogP contribution is -2.35. The van der Waals surface area contributed by atoms with Gasteiger partial charge in [0.25, 0.3) is 5.91 Å². The van der Waals surface area contributed by atoms with Crippen molar-refractivity contribution >= 4 is 27.5 Å². The van der Waals surface area contributed by atoms with Crippen molar-refractivity contribution in [1.82, 2.24) is 9.62 Å². The molecule has 1 rings (SSSR count). The van der Waals surface area contributed by atoms with E-state index in [2.05, 4.69) is 5.32 Å². The molecule has 0 unspecified atom stereocenters. The average molecular weight is 349 g/mol. The monoisotopic (exact) mass is 348 g/mol. The van der Waals surface area contributed by atoms with Gasteiger partial charge in [-0.2, -0.15) is 0 Å². The van der Waals surface area contributed by atoms with Crippen LogP contribution in [0, 0.1) is 0 Å². The minimum atomic E-state index is -3.55. The Hall–Kier alpha value is -1.31. The third-order valence-electron chi connectivity index (χ3n) is 3.06. The largest absolute Gasteiger partial charge is 0.482 e. The molecule has 1 atom stereocenters. The molecule has 8 heteroatoms. The summed E-state index contributed by atoms with van der Waals surface area (Å²) in [6.07, 6.45) is 0.823. The van der Waals surface area contributed by atoms with Crippen LogP contribution in [0.5, 0.6) is 5.75 Å². The summed E-state index contributed by atoms with van der Waals surface area (Å²) in [5, 5.41) is 2.90. The number of rotatable bonds is 7. The van der Waals surface area contributed by atoms with Crippen molar-refractivity contribution in [2.24, 2.45) is 0 Å². The maximum absolute atomic E-state index is 12.0. The molecule has 6 nitrogen and oxygen atoms in total. The van der Waals surface area contributed by atoms with Gasteiger partial charge in [0.15, 0.2) is 6.61 Å². The SMILES string of the molecule is CC[C@H](C)NC(=O)COc1ccc(S(=O)(=O)N(C)C)cc1Cl. The molecule has 0 saturated heterocycles. The van der Waals surface area contributed by atoms with Gasteiger partial charge in [-0.1, -0.05) is 18.5 Å². The van der Waals surface area contributed by atoms with E-state index in [1.165, 1.54) is 32.3 Å². The van der Waals surface area contributed by atoms with Crippen LogP contribution in [0.4, 0.5) is 0 Å². The summed E-state index contributed by atoms with van der Waals surface area (Å²) >= 11 is 6.02. The van der Waals surface area contributed by atoms with Crippen LogP contribution in [0.25, 0.3) is 0 Å². The molecule has 0 spiro atoms. The third-order valence-corrected chi connectivity index (χ3v) is 5.17. The molecule has 0 bridgehead atoms. The van der Waals surface area contributed by atoms with E-state index in [1.807, 2.05) is 13.8 Å². The number of halogens is 1. The smallest absolute Gasteiger partial charge is 0.258 e. The van der Waals surface area contributed by atoms with E-state index in [4.69, 9.17) is 16.3 Å². The minimum absolute atomic E-state index is 0.0684. The molecule has 0 heterocycles. The quantitative estimate of drug-likeness (QED) is 0.816. The Morgan fingerprint density at radius 2 is 2.05 bits per heavy atom. The van der Waals surface area contributed by atoms with Crippen molar-refractivity contribution in [2.75, 3.05) is 20.7 Å². The Morgan fingerprint density at radius 3 is 2.55 bits per heavy atom. The Labute approximate surface area is 136 Å². The average Bonchev–Trinajstić information content (AvgIpc) is 2.45. The van der Waals surface area contributed by atoms with Crippen molar-refractivity contribution < 1.29 is 17.9 Å². The van der Waals surface area contributed by atoms with Crippen molar-refractivity contribution in [3.63, 3.8) is 0 Å². The highest BCUT2D eigenvalue weighted by Gasteiger charge is 2.19. The van der Waals surface area contributed by atoms with E-state index in [0.29, 0.717) is 0 Å². The van der Waals surface area contributed by atoms with Gasteiger partial charge in [0.2, 0.25) is 10.0 Å². The molecule has 1 aromatic carbocycles. The molecular formula is C14H21ClN2O4S.